The molecule has 1 aromatic carbocycles. The van der Waals surface area contributed by atoms with Crippen LogP contribution < -0.4 is 5.32 Å². The summed E-state index contributed by atoms with van der Waals surface area (Å²) in [5.74, 6) is 0. The van der Waals surface area contributed by atoms with Gasteiger partial charge in [-0.05, 0) is 36.1 Å². The Morgan fingerprint density at radius 2 is 1.74 bits per heavy atom. The van der Waals surface area contributed by atoms with Crippen LogP contribution in [-0.4, -0.2) is 6.54 Å². The number of hydrogen-bond donors (Lipinski definition) is 1. The molecule has 0 unspecified atom stereocenters. The third-order valence-electron chi connectivity index (χ3n) is 3.13. The van der Waals surface area contributed by atoms with Crippen LogP contribution in [0.4, 0.5) is 0 Å². The summed E-state index contributed by atoms with van der Waals surface area (Å²) in [4.78, 5) is 2.89. The van der Waals surface area contributed by atoms with Crippen molar-refractivity contribution in [1.82, 2.24) is 5.32 Å². The van der Waals surface area contributed by atoms with E-state index in [4.69, 9.17) is 0 Å². The Morgan fingerprint density at radius 1 is 1.00 bits per heavy atom. The zero-order chi connectivity index (χ0) is 13.7. The summed E-state index contributed by atoms with van der Waals surface area (Å²) < 4.78 is 0. The average molecular weight is 273 g/mol. The molecule has 0 saturated heterocycles. The van der Waals surface area contributed by atoms with Crippen LogP contribution in [0.3, 0.4) is 0 Å². The van der Waals surface area contributed by atoms with Gasteiger partial charge in [0.05, 0.1) is 0 Å². The maximum absolute atomic E-state index is 3.53. The van der Waals surface area contributed by atoms with Crippen molar-refractivity contribution >= 4 is 11.3 Å². The van der Waals surface area contributed by atoms with Gasteiger partial charge in [-0.1, -0.05) is 51.1 Å². The Kier molecular flexibility index (Phi) is 4.78. The van der Waals surface area contributed by atoms with E-state index in [2.05, 4.69) is 68.6 Å². The van der Waals surface area contributed by atoms with Crippen molar-refractivity contribution < 1.29 is 0 Å². The molecule has 0 radical (unpaired) electrons. The molecule has 0 aliphatic carbocycles. The Bertz CT molecular complexity index is 493. The predicted octanol–water partition coefficient (Wildman–Crippen LogP) is 4.38. The van der Waals surface area contributed by atoms with Gasteiger partial charge in [0.25, 0.3) is 0 Å². The van der Waals surface area contributed by atoms with E-state index in [9.17, 15) is 0 Å². The van der Waals surface area contributed by atoms with Gasteiger partial charge in [-0.2, -0.15) is 0 Å². The van der Waals surface area contributed by atoms with E-state index in [0.717, 1.165) is 19.5 Å². The van der Waals surface area contributed by atoms with Crippen LogP contribution >= 0.6 is 11.3 Å². The molecule has 0 spiro atoms. The van der Waals surface area contributed by atoms with Crippen LogP contribution in [0.2, 0.25) is 0 Å². The lowest BCUT2D eigenvalue weighted by atomic mass is 9.95. The molecule has 1 nitrogen and oxygen atoms in total. The van der Waals surface area contributed by atoms with Gasteiger partial charge in [0.1, 0.15) is 0 Å². The summed E-state index contributed by atoms with van der Waals surface area (Å²) in [6.45, 7) is 8.82. The molecule has 1 aromatic heterocycles. The molecule has 2 heteroatoms. The number of benzene rings is 1. The van der Waals surface area contributed by atoms with Crippen LogP contribution in [0.1, 0.15) is 36.1 Å². The second kappa shape index (κ2) is 6.36. The molecule has 0 saturated carbocycles. The molecule has 19 heavy (non-hydrogen) atoms. The molecule has 0 amide bonds. The Hall–Kier alpha value is -1.12. The smallest absolute Gasteiger partial charge is 0.0299 e. The Balaban J connectivity index is 1.76. The first-order valence-corrected chi connectivity index (χ1v) is 7.71. The lowest BCUT2D eigenvalue weighted by Crippen LogP contribution is -2.15. The molecule has 1 heterocycles. The van der Waals surface area contributed by atoms with Gasteiger partial charge in [0.2, 0.25) is 0 Å². The summed E-state index contributed by atoms with van der Waals surface area (Å²) in [5, 5.41) is 3.53. The molecule has 0 bridgehead atoms. The highest BCUT2D eigenvalue weighted by Gasteiger charge is 2.15. The third-order valence-corrected chi connectivity index (χ3v) is 4.64. The lowest BCUT2D eigenvalue weighted by molar-refractivity contribution is 0.604. The quantitative estimate of drug-likeness (QED) is 0.797. The first-order valence-electron chi connectivity index (χ1n) is 6.89. The van der Waals surface area contributed by atoms with Crippen LogP contribution in [0.15, 0.2) is 42.5 Å². The number of nitrogens with one attached hydrogen (secondary N) is 1. The molecule has 1 N–H and O–H groups in total. The minimum atomic E-state index is 0.271. The van der Waals surface area contributed by atoms with E-state index in [1.165, 1.54) is 15.3 Å². The second-order valence-corrected chi connectivity index (χ2v) is 7.10. The van der Waals surface area contributed by atoms with Crippen molar-refractivity contribution in [3.05, 3.63) is 57.8 Å². The number of hydrogen-bond acceptors (Lipinski definition) is 2. The topological polar surface area (TPSA) is 12.0 Å². The molecule has 0 atom stereocenters. The summed E-state index contributed by atoms with van der Waals surface area (Å²) in [6.07, 6.45) is 1.10. The van der Waals surface area contributed by atoms with Crippen molar-refractivity contribution in [2.45, 2.75) is 39.2 Å². The molecule has 2 rings (SSSR count). The zero-order valence-electron chi connectivity index (χ0n) is 12.1. The van der Waals surface area contributed by atoms with E-state index in [0.29, 0.717) is 0 Å². The van der Waals surface area contributed by atoms with E-state index in [1.807, 2.05) is 11.3 Å². The fourth-order valence-electron chi connectivity index (χ4n) is 1.97. The summed E-state index contributed by atoms with van der Waals surface area (Å²) in [7, 11) is 0. The molecule has 102 valence electrons. The highest BCUT2D eigenvalue weighted by atomic mass is 32.1. The fourth-order valence-corrected chi connectivity index (χ4v) is 3.00. The highest BCUT2D eigenvalue weighted by molar-refractivity contribution is 7.12. The number of thiophene rings is 1. The third kappa shape index (κ3) is 4.48. The molecular formula is C17H23NS. The molecule has 0 fully saturated rings. The predicted molar refractivity (Wildman–Crippen MR) is 84.9 cm³/mol. The normalized spacial score (nSPS) is 11.7. The SMILES string of the molecule is CC(C)(C)c1ccc(CNCCc2ccccc2)s1. The molecule has 0 aliphatic heterocycles. The maximum atomic E-state index is 3.53. The lowest BCUT2D eigenvalue weighted by Gasteiger charge is -2.15. The van der Waals surface area contributed by atoms with E-state index < -0.39 is 0 Å². The second-order valence-electron chi connectivity index (χ2n) is 5.93. The van der Waals surface area contributed by atoms with E-state index in [-0.39, 0.29) is 5.41 Å². The largest absolute Gasteiger partial charge is 0.312 e. The summed E-state index contributed by atoms with van der Waals surface area (Å²) in [6, 6.07) is 15.2. The van der Waals surface area contributed by atoms with Gasteiger partial charge in [0.15, 0.2) is 0 Å². The van der Waals surface area contributed by atoms with E-state index in [1.54, 1.807) is 0 Å². The van der Waals surface area contributed by atoms with Gasteiger partial charge in [-0.3, -0.25) is 0 Å². The first-order chi connectivity index (χ1) is 9.05. The van der Waals surface area contributed by atoms with Crippen molar-refractivity contribution in [3.63, 3.8) is 0 Å². The van der Waals surface area contributed by atoms with Crippen LogP contribution in [0.25, 0.3) is 0 Å². The van der Waals surface area contributed by atoms with Crippen molar-refractivity contribution in [2.75, 3.05) is 6.54 Å². The van der Waals surface area contributed by atoms with Gasteiger partial charge in [-0.15, -0.1) is 11.3 Å². The van der Waals surface area contributed by atoms with Gasteiger partial charge < -0.3 is 5.32 Å². The zero-order valence-corrected chi connectivity index (χ0v) is 12.9. The van der Waals surface area contributed by atoms with Gasteiger partial charge in [-0.25, -0.2) is 0 Å². The molecule has 0 aliphatic rings. The van der Waals surface area contributed by atoms with Crippen LogP contribution in [-0.2, 0) is 18.4 Å². The van der Waals surface area contributed by atoms with Crippen LogP contribution in [0, 0.1) is 0 Å². The highest BCUT2D eigenvalue weighted by Crippen LogP contribution is 2.29. The number of rotatable bonds is 5. The van der Waals surface area contributed by atoms with Crippen LogP contribution in [0.5, 0.6) is 0 Å². The monoisotopic (exact) mass is 273 g/mol. The maximum Gasteiger partial charge on any atom is 0.0299 e. The first kappa shape index (κ1) is 14.3. The average Bonchev–Trinajstić information content (AvgIpc) is 2.85. The fraction of sp³-hybridized carbons (Fsp3) is 0.412. The van der Waals surface area contributed by atoms with Crippen molar-refractivity contribution in [2.24, 2.45) is 0 Å². The minimum Gasteiger partial charge on any atom is -0.312 e. The summed E-state index contributed by atoms with van der Waals surface area (Å²) >= 11 is 1.92. The minimum absolute atomic E-state index is 0.271. The van der Waals surface area contributed by atoms with Gasteiger partial charge >= 0.3 is 0 Å². The summed E-state index contributed by atoms with van der Waals surface area (Å²) in [5.41, 5.74) is 1.67. The Morgan fingerprint density at radius 3 is 2.37 bits per heavy atom. The molecule has 2 aromatic rings. The van der Waals surface area contributed by atoms with Crippen molar-refractivity contribution in [3.8, 4) is 0 Å². The van der Waals surface area contributed by atoms with E-state index >= 15 is 0 Å². The van der Waals surface area contributed by atoms with Crippen molar-refractivity contribution in [1.29, 1.82) is 0 Å². The van der Waals surface area contributed by atoms with Gasteiger partial charge in [0, 0.05) is 16.3 Å². The molecular weight excluding hydrogens is 250 g/mol. The standard InChI is InChI=1S/C17H23NS/c1-17(2,3)16-10-9-15(19-16)13-18-12-11-14-7-5-4-6-8-14/h4-10,18H,11-13H2,1-3H3. The Labute approximate surface area is 120 Å².